The average Bonchev–Trinajstić information content (AvgIpc) is 3.44. The molecular weight excluding hydrogens is 444 g/mol. The van der Waals surface area contributed by atoms with E-state index < -0.39 is 0 Å². The van der Waals surface area contributed by atoms with Crippen LogP contribution in [0.2, 0.25) is 0 Å². The normalized spacial score (nSPS) is 13.0. The molecule has 0 unspecified atom stereocenters. The minimum Gasteiger partial charge on any atom is -0.365 e. The third-order valence-corrected chi connectivity index (χ3v) is 5.99. The molecule has 3 aromatic heterocycles. The van der Waals surface area contributed by atoms with E-state index in [1.807, 2.05) is 30.3 Å². The zero-order valence-electron chi connectivity index (χ0n) is 19.5. The van der Waals surface area contributed by atoms with Crippen LogP contribution < -0.4 is 5.32 Å². The molecule has 0 saturated carbocycles. The van der Waals surface area contributed by atoms with Crippen molar-refractivity contribution < 1.29 is 18.8 Å². The van der Waals surface area contributed by atoms with Gasteiger partial charge in [-0.1, -0.05) is 35.5 Å². The Morgan fingerprint density at radius 1 is 1.17 bits per heavy atom. The quantitative estimate of drug-likeness (QED) is 0.388. The fourth-order valence-corrected chi connectivity index (χ4v) is 4.46. The fraction of sp³-hybridized carbons (Fsp3) is 0.259. The molecule has 1 aromatic carbocycles. The van der Waals surface area contributed by atoms with Gasteiger partial charge in [0.15, 0.2) is 5.78 Å². The molecule has 2 N–H and O–H groups in total. The number of nitrogens with one attached hydrogen (secondary N) is 2. The number of fused-ring (bicyclic) bond motifs is 1. The van der Waals surface area contributed by atoms with Gasteiger partial charge in [0.2, 0.25) is 0 Å². The first-order valence-electron chi connectivity index (χ1n) is 11.6. The maximum atomic E-state index is 12.8. The molecule has 0 bridgehead atoms. The van der Waals surface area contributed by atoms with Crippen molar-refractivity contribution in [1.29, 1.82) is 0 Å². The molecule has 1 amide bonds. The van der Waals surface area contributed by atoms with Crippen molar-refractivity contribution in [3.63, 3.8) is 0 Å². The van der Waals surface area contributed by atoms with E-state index in [1.165, 1.54) is 0 Å². The number of pyridine rings is 1. The highest BCUT2D eigenvalue weighted by Gasteiger charge is 2.26. The van der Waals surface area contributed by atoms with E-state index >= 15 is 0 Å². The zero-order valence-corrected chi connectivity index (χ0v) is 19.5. The number of hydrogen-bond donors (Lipinski definition) is 2. The second-order valence-corrected chi connectivity index (χ2v) is 8.67. The number of hydrogen-bond acceptors (Lipinski definition) is 6. The summed E-state index contributed by atoms with van der Waals surface area (Å²) in [5.41, 5.74) is 6.32. The van der Waals surface area contributed by atoms with E-state index in [2.05, 4.69) is 32.6 Å². The van der Waals surface area contributed by atoms with Crippen LogP contribution in [0.4, 0.5) is 5.82 Å². The number of Topliss-reactive ketones (excluding diaryl/α,β-unsaturated/α-hetero) is 1. The van der Waals surface area contributed by atoms with Gasteiger partial charge in [-0.25, -0.2) is 4.98 Å². The molecule has 0 fully saturated rings. The maximum absolute atomic E-state index is 12.8. The van der Waals surface area contributed by atoms with Gasteiger partial charge in [-0.3, -0.25) is 9.59 Å². The number of benzene rings is 1. The number of carbonyl (C=O) groups excluding carboxylic acids is 2. The number of aryl methyl sites for hydroxylation is 2. The van der Waals surface area contributed by atoms with Crippen molar-refractivity contribution in [2.24, 2.45) is 0 Å². The maximum Gasteiger partial charge on any atom is 0.251 e. The summed E-state index contributed by atoms with van der Waals surface area (Å²) in [6, 6.07) is 15.6. The number of carbonyl (C=O) groups is 2. The molecule has 0 atom stereocenters. The molecule has 1 aliphatic carbocycles. The van der Waals surface area contributed by atoms with E-state index in [4.69, 9.17) is 9.26 Å². The SMILES string of the molecule is Cc1cc(COCC(=O)Nc2cc(-c3[nH]c4c(c3Cc3ccccc3)C(=O)CCC4)ccn2)no1. The van der Waals surface area contributed by atoms with E-state index in [9.17, 15) is 9.59 Å². The molecule has 3 heterocycles. The molecule has 8 heteroatoms. The number of H-pyrrole nitrogens is 1. The number of anilines is 1. The van der Waals surface area contributed by atoms with E-state index in [1.54, 1.807) is 19.2 Å². The minimum absolute atomic E-state index is 0.137. The van der Waals surface area contributed by atoms with Crippen molar-refractivity contribution >= 4 is 17.5 Å². The smallest absolute Gasteiger partial charge is 0.251 e. The third-order valence-electron chi connectivity index (χ3n) is 5.99. The van der Waals surface area contributed by atoms with Crippen LogP contribution in [0, 0.1) is 6.92 Å². The Bertz CT molecular complexity index is 1360. The van der Waals surface area contributed by atoms with Crippen LogP contribution in [0.15, 0.2) is 59.3 Å². The predicted molar refractivity (Wildman–Crippen MR) is 130 cm³/mol. The van der Waals surface area contributed by atoms with Crippen LogP contribution in [0.5, 0.6) is 0 Å². The van der Waals surface area contributed by atoms with Crippen molar-refractivity contribution in [3.05, 3.63) is 88.6 Å². The molecule has 4 aromatic rings. The second-order valence-electron chi connectivity index (χ2n) is 8.67. The molecule has 0 saturated heterocycles. The van der Waals surface area contributed by atoms with E-state index in [-0.39, 0.29) is 24.9 Å². The summed E-state index contributed by atoms with van der Waals surface area (Å²) in [5, 5.41) is 6.62. The standard InChI is InChI=1S/C27H26N4O4/c1-17-12-20(31-35-17)15-34-16-25(33)30-24-14-19(10-11-28-24)27-21(13-18-6-3-2-4-7-18)26-22(29-27)8-5-9-23(26)32/h2-4,6-7,10-12,14,29H,5,8-9,13,15-16H2,1H3,(H,28,30,33). The Labute approximate surface area is 202 Å². The molecule has 8 nitrogen and oxygen atoms in total. The third kappa shape index (κ3) is 5.22. The van der Waals surface area contributed by atoms with Gasteiger partial charge in [-0.05, 0) is 43.0 Å². The number of rotatable bonds is 8. The molecule has 0 radical (unpaired) electrons. The van der Waals surface area contributed by atoms with Crippen molar-refractivity contribution in [2.75, 3.05) is 11.9 Å². The molecular formula is C27H26N4O4. The summed E-state index contributed by atoms with van der Waals surface area (Å²) >= 11 is 0. The Balaban J connectivity index is 1.35. The number of aromatic amines is 1. The van der Waals surface area contributed by atoms with Crippen molar-refractivity contribution in [3.8, 4) is 11.3 Å². The number of amides is 1. The lowest BCUT2D eigenvalue weighted by Gasteiger charge is -2.12. The highest BCUT2D eigenvalue weighted by molar-refractivity contribution is 6.01. The lowest BCUT2D eigenvalue weighted by molar-refractivity contribution is -0.121. The Hall–Kier alpha value is -4.04. The average molecular weight is 471 g/mol. The monoisotopic (exact) mass is 470 g/mol. The number of ketones is 1. The van der Waals surface area contributed by atoms with Crippen LogP contribution in [0.1, 0.15) is 51.5 Å². The van der Waals surface area contributed by atoms with Gasteiger partial charge in [0.1, 0.15) is 23.9 Å². The first kappa shape index (κ1) is 22.7. The molecule has 1 aliphatic rings. The minimum atomic E-state index is -0.319. The lowest BCUT2D eigenvalue weighted by atomic mass is 9.90. The van der Waals surface area contributed by atoms with Gasteiger partial charge in [0, 0.05) is 41.9 Å². The molecule has 0 spiro atoms. The van der Waals surface area contributed by atoms with Gasteiger partial charge in [-0.2, -0.15) is 0 Å². The molecule has 35 heavy (non-hydrogen) atoms. The molecule has 5 rings (SSSR count). The van der Waals surface area contributed by atoms with Crippen molar-refractivity contribution in [2.45, 2.75) is 39.2 Å². The van der Waals surface area contributed by atoms with Crippen LogP contribution in [0.3, 0.4) is 0 Å². The number of nitrogens with zero attached hydrogens (tertiary/aromatic N) is 2. The molecule has 0 aliphatic heterocycles. The topological polar surface area (TPSA) is 110 Å². The summed E-state index contributed by atoms with van der Waals surface area (Å²) in [5.74, 6) is 0.966. The number of ether oxygens (including phenoxy) is 1. The summed E-state index contributed by atoms with van der Waals surface area (Å²) in [4.78, 5) is 33.0. The predicted octanol–water partition coefficient (Wildman–Crippen LogP) is 4.64. The summed E-state index contributed by atoms with van der Waals surface area (Å²) in [6.45, 7) is 1.84. The van der Waals surface area contributed by atoms with Crippen LogP contribution in [0.25, 0.3) is 11.3 Å². The van der Waals surface area contributed by atoms with Gasteiger partial charge in [0.25, 0.3) is 5.91 Å². The highest BCUT2D eigenvalue weighted by atomic mass is 16.5. The van der Waals surface area contributed by atoms with Crippen LogP contribution >= 0.6 is 0 Å². The highest BCUT2D eigenvalue weighted by Crippen LogP contribution is 2.35. The van der Waals surface area contributed by atoms with E-state index in [0.29, 0.717) is 30.1 Å². The summed E-state index contributed by atoms with van der Waals surface area (Å²) in [6.07, 6.45) is 4.56. The molecule has 178 valence electrons. The van der Waals surface area contributed by atoms with E-state index in [0.717, 1.165) is 46.5 Å². The summed E-state index contributed by atoms with van der Waals surface area (Å²) in [7, 11) is 0. The largest absolute Gasteiger partial charge is 0.365 e. The second kappa shape index (κ2) is 10.1. The van der Waals surface area contributed by atoms with Crippen molar-refractivity contribution in [1.82, 2.24) is 15.1 Å². The van der Waals surface area contributed by atoms with Crippen LogP contribution in [-0.4, -0.2) is 33.4 Å². The van der Waals surface area contributed by atoms with Crippen LogP contribution in [-0.2, 0) is 29.0 Å². The first-order valence-corrected chi connectivity index (χ1v) is 11.6. The first-order chi connectivity index (χ1) is 17.1. The van der Waals surface area contributed by atoms with Gasteiger partial charge in [-0.15, -0.1) is 0 Å². The number of aromatic nitrogens is 3. The zero-order chi connectivity index (χ0) is 24.2. The summed E-state index contributed by atoms with van der Waals surface area (Å²) < 4.78 is 10.4. The Morgan fingerprint density at radius 2 is 2.03 bits per heavy atom. The fourth-order valence-electron chi connectivity index (χ4n) is 4.46. The van der Waals surface area contributed by atoms with Gasteiger partial charge in [0.05, 0.1) is 12.3 Å². The van der Waals surface area contributed by atoms with Gasteiger partial charge < -0.3 is 19.6 Å². The Morgan fingerprint density at radius 3 is 2.83 bits per heavy atom. The Kier molecular flexibility index (Phi) is 6.54. The van der Waals surface area contributed by atoms with Gasteiger partial charge >= 0.3 is 0 Å². The lowest BCUT2D eigenvalue weighted by Crippen LogP contribution is -2.19.